The molecule has 0 spiro atoms. The van der Waals surface area contributed by atoms with Gasteiger partial charge < -0.3 is 5.73 Å². The molecule has 1 unspecified atom stereocenters. The quantitative estimate of drug-likeness (QED) is 0.832. The molecule has 1 aromatic rings. The van der Waals surface area contributed by atoms with Gasteiger partial charge >= 0.3 is 0 Å². The molecule has 1 aliphatic rings. The summed E-state index contributed by atoms with van der Waals surface area (Å²) in [4.78, 5) is 6.05. The summed E-state index contributed by atoms with van der Waals surface area (Å²) in [5, 5.41) is 1.33. The average molecular weight is 210 g/mol. The third-order valence-corrected chi connectivity index (χ3v) is 4.23. The van der Waals surface area contributed by atoms with E-state index in [1.807, 2.05) is 11.3 Å². The molecule has 0 aromatic carbocycles. The lowest BCUT2D eigenvalue weighted by atomic mass is 10.1. The van der Waals surface area contributed by atoms with Crippen molar-refractivity contribution in [3.05, 3.63) is 15.6 Å². The average Bonchev–Trinajstić information content (AvgIpc) is 2.57. The zero-order chi connectivity index (χ0) is 10.3. The smallest absolute Gasteiger partial charge is 0.0967 e. The molecule has 1 fully saturated rings. The largest absolute Gasteiger partial charge is 0.330 e. The molecule has 0 radical (unpaired) electrons. The Bertz CT molecular complexity index is 341. The lowest BCUT2D eigenvalue weighted by molar-refractivity contribution is 0.619. The molecule has 2 rings (SSSR count). The molecule has 0 aliphatic heterocycles. The van der Waals surface area contributed by atoms with E-state index >= 15 is 0 Å². The number of aromatic nitrogens is 1. The molecular weight excluding hydrogens is 192 g/mol. The van der Waals surface area contributed by atoms with Crippen LogP contribution in [0.25, 0.3) is 0 Å². The monoisotopic (exact) mass is 210 g/mol. The second kappa shape index (κ2) is 3.31. The Kier molecular flexibility index (Phi) is 2.40. The lowest BCUT2D eigenvalue weighted by Gasteiger charge is -1.97. The predicted octanol–water partition coefficient (Wildman–Crippen LogP) is 2.47. The van der Waals surface area contributed by atoms with Crippen molar-refractivity contribution < 1.29 is 0 Å². The summed E-state index contributed by atoms with van der Waals surface area (Å²) in [6.07, 6.45) is 2.22. The molecule has 1 aliphatic carbocycles. The van der Waals surface area contributed by atoms with Gasteiger partial charge in [-0.05, 0) is 25.3 Å². The van der Waals surface area contributed by atoms with E-state index in [0.29, 0.717) is 17.9 Å². The fraction of sp³-hybridized carbons (Fsp3) is 0.727. The Morgan fingerprint density at radius 1 is 1.57 bits per heavy atom. The molecule has 3 heteroatoms. The van der Waals surface area contributed by atoms with E-state index in [-0.39, 0.29) is 0 Å². The van der Waals surface area contributed by atoms with E-state index in [2.05, 4.69) is 20.8 Å². The number of rotatable bonds is 3. The van der Waals surface area contributed by atoms with Crippen LogP contribution in [-0.2, 0) is 6.42 Å². The maximum Gasteiger partial charge on any atom is 0.0967 e. The van der Waals surface area contributed by atoms with Gasteiger partial charge in [0.05, 0.1) is 10.7 Å². The van der Waals surface area contributed by atoms with Crippen molar-refractivity contribution >= 4 is 11.3 Å². The fourth-order valence-electron chi connectivity index (χ4n) is 1.86. The molecule has 1 aromatic heterocycles. The van der Waals surface area contributed by atoms with Crippen LogP contribution in [0.2, 0.25) is 0 Å². The second-order valence-electron chi connectivity index (χ2n) is 4.84. The molecule has 78 valence electrons. The highest BCUT2D eigenvalue weighted by atomic mass is 32.1. The lowest BCUT2D eigenvalue weighted by Crippen LogP contribution is -2.04. The van der Waals surface area contributed by atoms with Crippen LogP contribution in [0.4, 0.5) is 0 Å². The van der Waals surface area contributed by atoms with Gasteiger partial charge in [0.25, 0.3) is 0 Å². The SMILES string of the molecule is Cc1sc(C2CC2(C)C)nc1CCN. The molecule has 14 heavy (non-hydrogen) atoms. The van der Waals surface area contributed by atoms with Crippen LogP contribution >= 0.6 is 11.3 Å². The molecule has 0 amide bonds. The minimum atomic E-state index is 0.490. The van der Waals surface area contributed by atoms with Crippen molar-refractivity contribution in [2.75, 3.05) is 6.54 Å². The molecule has 2 N–H and O–H groups in total. The number of thiazole rings is 1. The Balaban J connectivity index is 2.17. The van der Waals surface area contributed by atoms with Gasteiger partial charge in [0.15, 0.2) is 0 Å². The maximum absolute atomic E-state index is 5.55. The van der Waals surface area contributed by atoms with Gasteiger partial charge in [-0.2, -0.15) is 0 Å². The van der Waals surface area contributed by atoms with Crippen molar-refractivity contribution in [3.63, 3.8) is 0 Å². The van der Waals surface area contributed by atoms with Crippen molar-refractivity contribution in [2.24, 2.45) is 11.1 Å². The summed E-state index contributed by atoms with van der Waals surface area (Å²) in [7, 11) is 0. The minimum absolute atomic E-state index is 0.490. The number of nitrogens with zero attached hydrogens (tertiary/aromatic N) is 1. The molecule has 1 heterocycles. The van der Waals surface area contributed by atoms with E-state index in [9.17, 15) is 0 Å². The van der Waals surface area contributed by atoms with E-state index in [0.717, 1.165) is 6.42 Å². The van der Waals surface area contributed by atoms with Crippen LogP contribution in [0.5, 0.6) is 0 Å². The van der Waals surface area contributed by atoms with Gasteiger partial charge in [-0.1, -0.05) is 13.8 Å². The van der Waals surface area contributed by atoms with Crippen molar-refractivity contribution in [3.8, 4) is 0 Å². The van der Waals surface area contributed by atoms with Crippen molar-refractivity contribution in [1.82, 2.24) is 4.98 Å². The Hall–Kier alpha value is -0.410. The molecule has 2 nitrogen and oxygen atoms in total. The first kappa shape index (κ1) is 10.1. The Labute approximate surface area is 89.5 Å². The van der Waals surface area contributed by atoms with Gasteiger partial charge in [0, 0.05) is 17.2 Å². The first-order valence-corrected chi connectivity index (χ1v) is 6.02. The normalized spacial score (nSPS) is 23.9. The molecular formula is C11H18N2S. The summed E-state index contributed by atoms with van der Waals surface area (Å²) >= 11 is 1.86. The first-order chi connectivity index (χ1) is 6.54. The van der Waals surface area contributed by atoms with E-state index in [1.165, 1.54) is 22.0 Å². The van der Waals surface area contributed by atoms with Gasteiger partial charge in [0.1, 0.15) is 0 Å². The highest BCUT2D eigenvalue weighted by Crippen LogP contribution is 2.59. The number of hydrogen-bond donors (Lipinski definition) is 1. The standard InChI is InChI=1S/C11H18N2S/c1-7-9(4-5-12)13-10(14-7)8-6-11(8,2)3/h8H,4-6,12H2,1-3H3. The summed E-state index contributed by atoms with van der Waals surface area (Å²) < 4.78 is 0. The van der Waals surface area contributed by atoms with E-state index in [1.54, 1.807) is 0 Å². The zero-order valence-corrected chi connectivity index (χ0v) is 9.95. The number of aryl methyl sites for hydroxylation is 1. The highest BCUT2D eigenvalue weighted by molar-refractivity contribution is 7.11. The van der Waals surface area contributed by atoms with E-state index < -0.39 is 0 Å². The first-order valence-electron chi connectivity index (χ1n) is 5.21. The summed E-state index contributed by atoms with van der Waals surface area (Å²) in [5.74, 6) is 0.706. The fourth-order valence-corrected chi connectivity index (χ4v) is 3.14. The Morgan fingerprint density at radius 2 is 2.21 bits per heavy atom. The topological polar surface area (TPSA) is 38.9 Å². The third-order valence-electron chi connectivity index (χ3n) is 3.10. The third kappa shape index (κ3) is 1.71. The number of hydrogen-bond acceptors (Lipinski definition) is 3. The maximum atomic E-state index is 5.55. The molecule has 1 saturated carbocycles. The predicted molar refractivity (Wildman–Crippen MR) is 60.7 cm³/mol. The van der Waals surface area contributed by atoms with Crippen LogP contribution in [0, 0.1) is 12.3 Å². The van der Waals surface area contributed by atoms with Crippen molar-refractivity contribution in [2.45, 2.75) is 39.5 Å². The molecule has 1 atom stereocenters. The second-order valence-corrected chi connectivity index (χ2v) is 6.07. The molecule has 0 saturated heterocycles. The van der Waals surface area contributed by atoms with Gasteiger partial charge in [-0.3, -0.25) is 0 Å². The minimum Gasteiger partial charge on any atom is -0.330 e. The Morgan fingerprint density at radius 3 is 2.71 bits per heavy atom. The van der Waals surface area contributed by atoms with E-state index in [4.69, 9.17) is 10.7 Å². The molecule has 0 bridgehead atoms. The van der Waals surface area contributed by atoms with Gasteiger partial charge in [0.2, 0.25) is 0 Å². The summed E-state index contributed by atoms with van der Waals surface area (Å²) in [6.45, 7) is 7.49. The summed E-state index contributed by atoms with van der Waals surface area (Å²) in [6, 6.07) is 0. The van der Waals surface area contributed by atoms with Crippen LogP contribution in [0.15, 0.2) is 0 Å². The van der Waals surface area contributed by atoms with Crippen LogP contribution in [-0.4, -0.2) is 11.5 Å². The van der Waals surface area contributed by atoms with Crippen LogP contribution in [0.1, 0.15) is 41.8 Å². The van der Waals surface area contributed by atoms with Crippen LogP contribution in [0.3, 0.4) is 0 Å². The number of nitrogens with two attached hydrogens (primary N) is 1. The van der Waals surface area contributed by atoms with Gasteiger partial charge in [-0.15, -0.1) is 11.3 Å². The van der Waals surface area contributed by atoms with Gasteiger partial charge in [-0.25, -0.2) is 4.98 Å². The van der Waals surface area contributed by atoms with Crippen LogP contribution < -0.4 is 5.73 Å². The van der Waals surface area contributed by atoms with Crippen molar-refractivity contribution in [1.29, 1.82) is 0 Å². The highest BCUT2D eigenvalue weighted by Gasteiger charge is 2.48. The zero-order valence-electron chi connectivity index (χ0n) is 9.13. The summed E-state index contributed by atoms with van der Waals surface area (Å²) in [5.41, 5.74) is 7.26.